The maximum atomic E-state index is 12.9. The van der Waals surface area contributed by atoms with Crippen LogP contribution in [0.25, 0.3) is 0 Å². The molecule has 1 saturated heterocycles. The van der Waals surface area contributed by atoms with E-state index in [1.165, 1.54) is 19.2 Å². The largest absolute Gasteiger partial charge is 0.507 e. The van der Waals surface area contributed by atoms with Crippen molar-refractivity contribution in [2.75, 3.05) is 33.3 Å². The highest BCUT2D eigenvalue weighted by molar-refractivity contribution is 5.41. The van der Waals surface area contributed by atoms with Crippen LogP contribution in [-0.2, 0) is 0 Å². The molecule has 0 radical (unpaired) electrons. The first-order valence-corrected chi connectivity index (χ1v) is 6.79. The van der Waals surface area contributed by atoms with E-state index in [-0.39, 0.29) is 11.3 Å². The molecule has 1 aromatic carbocycles. The number of rotatable bonds is 4. The van der Waals surface area contributed by atoms with Gasteiger partial charge in [0.1, 0.15) is 11.5 Å². The molecule has 0 bridgehead atoms. The fraction of sp³-hybridized carbons (Fsp3) is 0.571. The van der Waals surface area contributed by atoms with Gasteiger partial charge in [-0.05, 0) is 6.07 Å². The number of hydrogen-bond acceptors (Lipinski definition) is 4. The second-order valence-corrected chi connectivity index (χ2v) is 5.05. The molecule has 1 aromatic rings. The summed E-state index contributed by atoms with van der Waals surface area (Å²) in [4.78, 5) is 1.76. The van der Waals surface area contributed by atoms with E-state index in [0.717, 1.165) is 0 Å². The molecule has 1 fully saturated rings. The van der Waals surface area contributed by atoms with Gasteiger partial charge in [-0.1, -0.05) is 6.07 Å². The first-order chi connectivity index (χ1) is 9.90. The van der Waals surface area contributed by atoms with Gasteiger partial charge in [0.2, 0.25) is 0 Å². The van der Waals surface area contributed by atoms with Crippen molar-refractivity contribution in [2.24, 2.45) is 0 Å². The molecule has 0 aliphatic carbocycles. The number of methoxy groups -OCH3 is 1. The van der Waals surface area contributed by atoms with Crippen LogP contribution >= 0.6 is 0 Å². The topological polar surface area (TPSA) is 44.7 Å². The summed E-state index contributed by atoms with van der Waals surface area (Å²) >= 11 is 0. The minimum absolute atomic E-state index is 0.165. The zero-order chi connectivity index (χ0) is 15.5. The molecule has 0 amide bonds. The number of hydrogen-bond donors (Lipinski definition) is 2. The maximum Gasteiger partial charge on any atom is 0.390 e. The van der Waals surface area contributed by atoms with E-state index in [4.69, 9.17) is 4.74 Å². The summed E-state index contributed by atoms with van der Waals surface area (Å²) in [6.45, 7) is 2.33. The number of alkyl halides is 3. The minimum atomic E-state index is -4.29. The van der Waals surface area contributed by atoms with Crippen LogP contribution in [0.3, 0.4) is 0 Å². The van der Waals surface area contributed by atoms with Crippen molar-refractivity contribution in [1.29, 1.82) is 0 Å². The Labute approximate surface area is 121 Å². The van der Waals surface area contributed by atoms with Crippen LogP contribution < -0.4 is 10.1 Å². The third kappa shape index (κ3) is 4.25. The summed E-state index contributed by atoms with van der Waals surface area (Å²) in [5.41, 5.74) is 0.287. The molecule has 1 atom stereocenters. The molecule has 2 N–H and O–H groups in total. The number of benzene rings is 1. The number of halogens is 3. The standard InChI is InChI=1S/C14H19F3N2O2/c1-21-10-2-3-11(13(20)8-10)12(9-14(15,16)17)19-6-4-18-5-7-19/h2-3,8,12,18,20H,4-7,9H2,1H3/t12-/m1/s1. The molecule has 0 saturated carbocycles. The monoisotopic (exact) mass is 304 g/mol. The fourth-order valence-electron chi connectivity index (χ4n) is 2.58. The Balaban J connectivity index is 2.29. The summed E-state index contributed by atoms with van der Waals surface area (Å²) in [6.07, 6.45) is -5.27. The van der Waals surface area contributed by atoms with Gasteiger partial charge >= 0.3 is 6.18 Å². The normalized spacial score (nSPS) is 18.5. The Hall–Kier alpha value is -1.47. The van der Waals surface area contributed by atoms with Crippen LogP contribution in [0, 0.1) is 0 Å². The number of phenolic OH excluding ortho intramolecular Hbond substituents is 1. The highest BCUT2D eigenvalue weighted by Crippen LogP contribution is 2.38. The number of aromatic hydroxyl groups is 1. The molecule has 0 spiro atoms. The van der Waals surface area contributed by atoms with Crippen LogP contribution in [0.5, 0.6) is 11.5 Å². The van der Waals surface area contributed by atoms with E-state index in [0.29, 0.717) is 31.9 Å². The van der Waals surface area contributed by atoms with Crippen molar-refractivity contribution < 1.29 is 23.0 Å². The molecule has 118 valence electrons. The van der Waals surface area contributed by atoms with Gasteiger partial charge in [-0.2, -0.15) is 13.2 Å². The Morgan fingerprint density at radius 3 is 2.52 bits per heavy atom. The maximum absolute atomic E-state index is 12.9. The van der Waals surface area contributed by atoms with Gasteiger partial charge in [-0.15, -0.1) is 0 Å². The van der Waals surface area contributed by atoms with Gasteiger partial charge in [0.05, 0.1) is 13.5 Å². The lowest BCUT2D eigenvalue weighted by molar-refractivity contribution is -0.148. The number of phenols is 1. The lowest BCUT2D eigenvalue weighted by atomic mass is 9.99. The zero-order valence-corrected chi connectivity index (χ0v) is 11.8. The van der Waals surface area contributed by atoms with E-state index in [9.17, 15) is 18.3 Å². The Kier molecular flexibility index (Phi) is 4.95. The summed E-state index contributed by atoms with van der Waals surface area (Å²) in [5.74, 6) is 0.254. The quantitative estimate of drug-likeness (QED) is 0.896. The fourth-order valence-corrected chi connectivity index (χ4v) is 2.58. The molecule has 1 heterocycles. The number of piperazine rings is 1. The van der Waals surface area contributed by atoms with Crippen LogP contribution in [0.4, 0.5) is 13.2 Å². The Bertz CT molecular complexity index is 474. The van der Waals surface area contributed by atoms with E-state index in [1.807, 2.05) is 0 Å². The van der Waals surface area contributed by atoms with Gasteiger partial charge in [0.15, 0.2) is 0 Å². The molecule has 0 unspecified atom stereocenters. The zero-order valence-electron chi connectivity index (χ0n) is 11.8. The third-order valence-corrected chi connectivity index (χ3v) is 3.61. The summed E-state index contributed by atoms with van der Waals surface area (Å²) in [5, 5.41) is 13.1. The first-order valence-electron chi connectivity index (χ1n) is 6.79. The average molecular weight is 304 g/mol. The molecule has 1 aliphatic heterocycles. The number of nitrogens with one attached hydrogen (secondary N) is 1. The molecule has 2 rings (SSSR count). The van der Waals surface area contributed by atoms with Gasteiger partial charge in [-0.3, -0.25) is 4.90 Å². The van der Waals surface area contributed by atoms with Crippen molar-refractivity contribution in [1.82, 2.24) is 10.2 Å². The Morgan fingerprint density at radius 2 is 2.00 bits per heavy atom. The highest BCUT2D eigenvalue weighted by Gasteiger charge is 2.37. The second kappa shape index (κ2) is 6.53. The predicted molar refractivity (Wildman–Crippen MR) is 72.5 cm³/mol. The Morgan fingerprint density at radius 1 is 1.33 bits per heavy atom. The third-order valence-electron chi connectivity index (χ3n) is 3.61. The first kappa shape index (κ1) is 15.9. The molecule has 4 nitrogen and oxygen atoms in total. The molecule has 7 heteroatoms. The molecular formula is C14H19F3N2O2. The highest BCUT2D eigenvalue weighted by atomic mass is 19.4. The smallest absolute Gasteiger partial charge is 0.390 e. The van der Waals surface area contributed by atoms with Crippen molar-refractivity contribution in [3.63, 3.8) is 0 Å². The van der Waals surface area contributed by atoms with E-state index in [1.54, 1.807) is 11.0 Å². The summed E-state index contributed by atoms with van der Waals surface area (Å²) in [6, 6.07) is 3.55. The van der Waals surface area contributed by atoms with E-state index < -0.39 is 18.6 Å². The SMILES string of the molecule is COc1ccc([C@@H](CC(F)(F)F)N2CCNCC2)c(O)c1. The predicted octanol–water partition coefficient (Wildman–Crippen LogP) is 2.30. The van der Waals surface area contributed by atoms with E-state index >= 15 is 0 Å². The molecule has 1 aliphatic rings. The average Bonchev–Trinajstić information content (AvgIpc) is 2.45. The van der Waals surface area contributed by atoms with Crippen molar-refractivity contribution >= 4 is 0 Å². The minimum Gasteiger partial charge on any atom is -0.507 e. The van der Waals surface area contributed by atoms with Crippen LogP contribution in [0.2, 0.25) is 0 Å². The summed E-state index contributed by atoms with van der Waals surface area (Å²) in [7, 11) is 1.44. The van der Waals surface area contributed by atoms with Gasteiger partial charge in [0.25, 0.3) is 0 Å². The van der Waals surface area contributed by atoms with E-state index in [2.05, 4.69) is 5.32 Å². The van der Waals surface area contributed by atoms with Crippen molar-refractivity contribution in [2.45, 2.75) is 18.6 Å². The van der Waals surface area contributed by atoms with Crippen LogP contribution in [0.1, 0.15) is 18.0 Å². The van der Waals surface area contributed by atoms with Crippen LogP contribution in [0.15, 0.2) is 18.2 Å². The molecule has 0 aromatic heterocycles. The second-order valence-electron chi connectivity index (χ2n) is 5.05. The summed E-state index contributed by atoms with van der Waals surface area (Å²) < 4.78 is 43.6. The van der Waals surface area contributed by atoms with Gasteiger partial charge in [-0.25, -0.2) is 0 Å². The van der Waals surface area contributed by atoms with Gasteiger partial charge < -0.3 is 15.2 Å². The molecule has 21 heavy (non-hydrogen) atoms. The van der Waals surface area contributed by atoms with Crippen LogP contribution in [-0.4, -0.2) is 49.5 Å². The van der Waals surface area contributed by atoms with Gasteiger partial charge in [0, 0.05) is 43.9 Å². The molecular weight excluding hydrogens is 285 g/mol. The lowest BCUT2D eigenvalue weighted by Gasteiger charge is -2.36. The van der Waals surface area contributed by atoms with Crippen molar-refractivity contribution in [3.8, 4) is 11.5 Å². The number of ether oxygens (including phenoxy) is 1. The number of nitrogens with zero attached hydrogens (tertiary/aromatic N) is 1. The van der Waals surface area contributed by atoms with Crippen molar-refractivity contribution in [3.05, 3.63) is 23.8 Å². The lowest BCUT2D eigenvalue weighted by Crippen LogP contribution is -2.46.